The summed E-state index contributed by atoms with van der Waals surface area (Å²) >= 11 is 0. The molecule has 122 valence electrons. The topological polar surface area (TPSA) is 43.4 Å². The number of hydrogen-bond acceptors (Lipinski definition) is 3. The summed E-state index contributed by atoms with van der Waals surface area (Å²) in [5, 5.41) is 0. The molecule has 0 spiro atoms. The lowest BCUT2D eigenvalue weighted by atomic mass is 10.1. The third-order valence-electron chi connectivity index (χ3n) is 2.32. The fourth-order valence-corrected chi connectivity index (χ4v) is 1.12. The van der Waals surface area contributed by atoms with Gasteiger partial charge in [0.1, 0.15) is 5.78 Å². The summed E-state index contributed by atoms with van der Waals surface area (Å²) in [6.07, 6.45) is 7.60. The van der Waals surface area contributed by atoms with Gasteiger partial charge in [0.15, 0.2) is 0 Å². The summed E-state index contributed by atoms with van der Waals surface area (Å²) in [6, 6.07) is 0. The maximum absolute atomic E-state index is 10.6. The fraction of sp³-hybridized carbons (Fsp3) is 0.882. The van der Waals surface area contributed by atoms with E-state index in [0.29, 0.717) is 18.8 Å². The van der Waals surface area contributed by atoms with E-state index < -0.39 is 0 Å². The lowest BCUT2D eigenvalue weighted by Crippen LogP contribution is -2.01. The number of unbranched alkanes of at least 4 members (excludes halogenated alkanes) is 1. The zero-order valence-electron chi connectivity index (χ0n) is 14.6. The summed E-state index contributed by atoms with van der Waals surface area (Å²) in [6.45, 7) is 12.7. The second kappa shape index (κ2) is 23.2. The molecule has 0 aromatic rings. The normalized spacial score (nSPS) is 8.70. The predicted octanol–water partition coefficient (Wildman–Crippen LogP) is 5.31. The summed E-state index contributed by atoms with van der Waals surface area (Å²) in [7, 11) is 0. The van der Waals surface area contributed by atoms with E-state index in [-0.39, 0.29) is 5.97 Å². The SMILES string of the molecule is CCCC.CCCC(=O)CCC.CCCC(=O)OCC. The van der Waals surface area contributed by atoms with Gasteiger partial charge >= 0.3 is 5.97 Å². The van der Waals surface area contributed by atoms with Gasteiger partial charge in [-0.3, -0.25) is 9.59 Å². The van der Waals surface area contributed by atoms with E-state index in [1.807, 2.05) is 27.7 Å². The first-order chi connectivity index (χ1) is 9.53. The van der Waals surface area contributed by atoms with E-state index in [9.17, 15) is 9.59 Å². The molecule has 0 aliphatic carbocycles. The van der Waals surface area contributed by atoms with Crippen LogP contribution < -0.4 is 0 Å². The summed E-state index contributed by atoms with van der Waals surface area (Å²) in [4.78, 5) is 21.1. The molecule has 0 rings (SSSR count). The van der Waals surface area contributed by atoms with Gasteiger partial charge in [-0.15, -0.1) is 0 Å². The van der Waals surface area contributed by atoms with Crippen LogP contribution in [0.4, 0.5) is 0 Å². The number of carbonyl (C=O) groups is 2. The van der Waals surface area contributed by atoms with E-state index in [1.54, 1.807) is 0 Å². The molecule has 0 aliphatic rings. The van der Waals surface area contributed by atoms with Gasteiger partial charge in [-0.2, -0.15) is 0 Å². The Morgan fingerprint density at radius 2 is 1.05 bits per heavy atom. The minimum atomic E-state index is -0.0880. The molecule has 0 fully saturated rings. The number of carbonyl (C=O) groups excluding carboxylic acids is 2. The van der Waals surface area contributed by atoms with Crippen LogP contribution in [0.25, 0.3) is 0 Å². The van der Waals surface area contributed by atoms with Crippen LogP contribution in [0.1, 0.15) is 92.9 Å². The van der Waals surface area contributed by atoms with Gasteiger partial charge in [0.25, 0.3) is 0 Å². The lowest BCUT2D eigenvalue weighted by molar-refractivity contribution is -0.143. The number of hydrogen-bond donors (Lipinski definition) is 0. The Morgan fingerprint density at radius 1 is 0.650 bits per heavy atom. The van der Waals surface area contributed by atoms with Crippen molar-refractivity contribution in [3.63, 3.8) is 0 Å². The number of Topliss-reactive ketones (excluding diaryl/α,β-unsaturated/α-hetero) is 1. The second-order valence-corrected chi connectivity index (χ2v) is 4.59. The molecular formula is C17H36O3. The molecule has 0 atom stereocenters. The highest BCUT2D eigenvalue weighted by Crippen LogP contribution is 1.95. The maximum atomic E-state index is 10.6. The molecule has 3 nitrogen and oxygen atoms in total. The number of esters is 1. The van der Waals surface area contributed by atoms with Crippen molar-refractivity contribution >= 4 is 11.8 Å². The molecule has 0 N–H and O–H groups in total. The van der Waals surface area contributed by atoms with Crippen molar-refractivity contribution in [3.05, 3.63) is 0 Å². The van der Waals surface area contributed by atoms with E-state index in [0.717, 1.165) is 32.1 Å². The van der Waals surface area contributed by atoms with Crippen LogP contribution in [0.15, 0.2) is 0 Å². The number of ketones is 1. The van der Waals surface area contributed by atoms with Crippen LogP contribution in [0, 0.1) is 0 Å². The van der Waals surface area contributed by atoms with Gasteiger partial charge in [-0.05, 0) is 26.2 Å². The van der Waals surface area contributed by atoms with Crippen molar-refractivity contribution in [1.29, 1.82) is 0 Å². The molecule has 0 amide bonds. The first-order valence-corrected chi connectivity index (χ1v) is 8.20. The Labute approximate surface area is 126 Å². The minimum Gasteiger partial charge on any atom is -0.466 e. The van der Waals surface area contributed by atoms with Gasteiger partial charge in [0.2, 0.25) is 0 Å². The van der Waals surface area contributed by atoms with Gasteiger partial charge in [0.05, 0.1) is 6.61 Å². The molecule has 0 saturated heterocycles. The molecule has 0 saturated carbocycles. The van der Waals surface area contributed by atoms with Crippen LogP contribution in [-0.2, 0) is 14.3 Å². The average Bonchev–Trinajstić information content (AvgIpc) is 2.41. The molecule has 3 heteroatoms. The predicted molar refractivity (Wildman–Crippen MR) is 86.9 cm³/mol. The van der Waals surface area contributed by atoms with Gasteiger partial charge < -0.3 is 4.74 Å². The standard InChI is InChI=1S/C7H14O.C6H12O2.C4H10/c1-3-5-7(8)6-4-2;1-3-5-6(7)8-4-2;1-3-4-2/h3-6H2,1-2H3;3-5H2,1-2H3;3-4H2,1-2H3. The molecule has 0 aliphatic heterocycles. The van der Waals surface area contributed by atoms with E-state index >= 15 is 0 Å². The molecular weight excluding hydrogens is 252 g/mol. The van der Waals surface area contributed by atoms with Crippen molar-refractivity contribution in [2.45, 2.75) is 92.9 Å². The molecule has 0 bridgehead atoms. The first kappa shape index (κ1) is 24.2. The highest BCUT2D eigenvalue weighted by Gasteiger charge is 1.95. The Balaban J connectivity index is -0.000000230. The third-order valence-corrected chi connectivity index (χ3v) is 2.32. The minimum absolute atomic E-state index is 0.0880. The van der Waals surface area contributed by atoms with Crippen molar-refractivity contribution in [1.82, 2.24) is 0 Å². The highest BCUT2D eigenvalue weighted by molar-refractivity contribution is 5.78. The lowest BCUT2D eigenvalue weighted by Gasteiger charge is -1.96. The molecule has 0 radical (unpaired) electrons. The van der Waals surface area contributed by atoms with Crippen LogP contribution >= 0.6 is 0 Å². The summed E-state index contributed by atoms with van der Waals surface area (Å²) in [5.41, 5.74) is 0. The zero-order chi connectivity index (χ0) is 16.2. The molecule has 0 aromatic heterocycles. The van der Waals surface area contributed by atoms with Crippen LogP contribution in [0.3, 0.4) is 0 Å². The van der Waals surface area contributed by atoms with Crippen LogP contribution in [0.5, 0.6) is 0 Å². The monoisotopic (exact) mass is 288 g/mol. The average molecular weight is 288 g/mol. The number of ether oxygens (including phenoxy) is 1. The molecule has 0 heterocycles. The van der Waals surface area contributed by atoms with Gasteiger partial charge in [-0.25, -0.2) is 0 Å². The van der Waals surface area contributed by atoms with Gasteiger partial charge in [0, 0.05) is 19.3 Å². The molecule has 20 heavy (non-hydrogen) atoms. The van der Waals surface area contributed by atoms with Gasteiger partial charge in [-0.1, -0.05) is 47.5 Å². The Kier molecular flexibility index (Phi) is 28.1. The molecule has 0 aromatic carbocycles. The second-order valence-electron chi connectivity index (χ2n) is 4.59. The van der Waals surface area contributed by atoms with Crippen molar-refractivity contribution in [2.24, 2.45) is 0 Å². The highest BCUT2D eigenvalue weighted by atomic mass is 16.5. The van der Waals surface area contributed by atoms with Crippen LogP contribution in [0.2, 0.25) is 0 Å². The summed E-state index contributed by atoms with van der Waals surface area (Å²) in [5.74, 6) is 0.324. The Bertz CT molecular complexity index is 162. The largest absolute Gasteiger partial charge is 0.466 e. The van der Waals surface area contributed by atoms with E-state index in [1.165, 1.54) is 12.8 Å². The first-order valence-electron chi connectivity index (χ1n) is 8.20. The Morgan fingerprint density at radius 3 is 1.30 bits per heavy atom. The maximum Gasteiger partial charge on any atom is 0.305 e. The fourth-order valence-electron chi connectivity index (χ4n) is 1.12. The number of rotatable bonds is 8. The smallest absolute Gasteiger partial charge is 0.305 e. The van der Waals surface area contributed by atoms with Crippen molar-refractivity contribution < 1.29 is 14.3 Å². The third kappa shape index (κ3) is 30.3. The van der Waals surface area contributed by atoms with E-state index in [4.69, 9.17) is 0 Å². The Hall–Kier alpha value is -0.860. The quantitative estimate of drug-likeness (QED) is 0.568. The van der Waals surface area contributed by atoms with Crippen LogP contribution in [-0.4, -0.2) is 18.4 Å². The van der Waals surface area contributed by atoms with Crippen molar-refractivity contribution in [3.8, 4) is 0 Å². The summed E-state index contributed by atoms with van der Waals surface area (Å²) < 4.78 is 4.64. The zero-order valence-corrected chi connectivity index (χ0v) is 14.6. The molecule has 0 unspecified atom stereocenters. The van der Waals surface area contributed by atoms with E-state index in [2.05, 4.69) is 18.6 Å². The van der Waals surface area contributed by atoms with Crippen molar-refractivity contribution in [2.75, 3.05) is 6.61 Å².